The van der Waals surface area contributed by atoms with Crippen molar-refractivity contribution in [2.45, 2.75) is 38.6 Å². The third kappa shape index (κ3) is 3.18. The zero-order valence-corrected chi connectivity index (χ0v) is 15.4. The maximum absolute atomic E-state index is 13.5. The van der Waals surface area contributed by atoms with Gasteiger partial charge in [0.2, 0.25) is 0 Å². The Hall–Kier alpha value is -2.83. The molecule has 0 aliphatic heterocycles. The number of nitrogens with one attached hydrogen (secondary N) is 1. The first-order chi connectivity index (χ1) is 12.8. The molecule has 3 aromatic rings. The van der Waals surface area contributed by atoms with Crippen molar-refractivity contribution in [3.63, 3.8) is 0 Å². The summed E-state index contributed by atoms with van der Waals surface area (Å²) in [4.78, 5) is 17.7. The summed E-state index contributed by atoms with van der Waals surface area (Å²) in [6.45, 7) is 3.58. The fourth-order valence-corrected chi connectivity index (χ4v) is 3.37. The van der Waals surface area contributed by atoms with E-state index < -0.39 is 17.7 Å². The van der Waals surface area contributed by atoms with Crippen LogP contribution in [-0.4, -0.2) is 20.7 Å². The van der Waals surface area contributed by atoms with Crippen LogP contribution < -0.4 is 5.32 Å². The Bertz CT molecular complexity index is 1060. The van der Waals surface area contributed by atoms with Gasteiger partial charge in [-0.2, -0.15) is 5.10 Å². The van der Waals surface area contributed by atoms with Crippen LogP contribution in [0, 0.1) is 18.6 Å². The number of halogens is 2. The molecule has 1 atom stereocenters. The number of aryl methyl sites for hydroxylation is 2. The van der Waals surface area contributed by atoms with E-state index in [9.17, 15) is 13.6 Å². The molecule has 2 aromatic heterocycles. The van der Waals surface area contributed by atoms with Crippen LogP contribution in [0.4, 0.5) is 8.78 Å². The van der Waals surface area contributed by atoms with Crippen LogP contribution in [0.25, 0.3) is 11.0 Å². The monoisotopic (exact) mass is 370 g/mol. The van der Waals surface area contributed by atoms with Gasteiger partial charge in [-0.3, -0.25) is 9.48 Å². The molecule has 1 fully saturated rings. The summed E-state index contributed by atoms with van der Waals surface area (Å²) in [7, 11) is 1.81. The fraction of sp³-hybridized carbons (Fsp3) is 0.350. The van der Waals surface area contributed by atoms with Crippen LogP contribution in [-0.2, 0) is 7.05 Å². The van der Waals surface area contributed by atoms with Gasteiger partial charge in [-0.25, -0.2) is 13.8 Å². The van der Waals surface area contributed by atoms with Crippen LogP contribution in [0.5, 0.6) is 0 Å². The summed E-state index contributed by atoms with van der Waals surface area (Å²) in [6, 6.07) is 5.00. The number of fused-ring (bicyclic) bond motifs is 1. The minimum atomic E-state index is -0.931. The normalized spacial score (nSPS) is 15.1. The third-order valence-electron chi connectivity index (χ3n) is 5.02. The first-order valence-corrected chi connectivity index (χ1v) is 8.95. The highest BCUT2D eigenvalue weighted by Crippen LogP contribution is 2.40. The lowest BCUT2D eigenvalue weighted by atomic mass is 10.0. The molecule has 2 heterocycles. The molecule has 140 valence electrons. The van der Waals surface area contributed by atoms with Crippen LogP contribution >= 0.6 is 0 Å². The summed E-state index contributed by atoms with van der Waals surface area (Å²) in [5.74, 6) is -1.73. The van der Waals surface area contributed by atoms with Crippen molar-refractivity contribution in [2.75, 3.05) is 0 Å². The zero-order valence-electron chi connectivity index (χ0n) is 15.4. The molecule has 0 saturated heterocycles. The summed E-state index contributed by atoms with van der Waals surface area (Å²) in [5, 5.41) is 8.00. The van der Waals surface area contributed by atoms with E-state index in [1.54, 1.807) is 11.6 Å². The van der Waals surface area contributed by atoms with Gasteiger partial charge in [0, 0.05) is 18.7 Å². The molecular formula is C20H20F2N4O. The number of carbonyl (C=O) groups is 1. The van der Waals surface area contributed by atoms with Gasteiger partial charge in [0.25, 0.3) is 5.91 Å². The Kier molecular flexibility index (Phi) is 4.17. The summed E-state index contributed by atoms with van der Waals surface area (Å²) in [5.41, 5.74) is 3.33. The number of aromatic nitrogens is 3. The van der Waals surface area contributed by atoms with Gasteiger partial charge in [-0.1, -0.05) is 6.07 Å². The smallest absolute Gasteiger partial charge is 0.252 e. The number of carbonyl (C=O) groups excluding carboxylic acids is 1. The van der Waals surface area contributed by atoms with Crippen molar-refractivity contribution in [3.05, 3.63) is 58.4 Å². The van der Waals surface area contributed by atoms with Crippen molar-refractivity contribution in [2.24, 2.45) is 7.05 Å². The average Bonchev–Trinajstić information content (AvgIpc) is 3.43. The van der Waals surface area contributed by atoms with Crippen LogP contribution in [0.15, 0.2) is 24.3 Å². The zero-order chi connectivity index (χ0) is 19.3. The SMILES string of the molecule is Cc1nn(C)c2nc(C3CC3)cc(C(=O)NC(C)c3ccc(F)c(F)c3)c12. The van der Waals surface area contributed by atoms with E-state index >= 15 is 0 Å². The molecule has 0 bridgehead atoms. The summed E-state index contributed by atoms with van der Waals surface area (Å²) >= 11 is 0. The molecule has 4 rings (SSSR count). The lowest BCUT2D eigenvalue weighted by Gasteiger charge is -2.16. The molecular weight excluding hydrogens is 350 g/mol. The standard InChI is InChI=1S/C20H20F2N4O/c1-10(13-6-7-15(21)16(22)8-13)23-20(27)14-9-17(12-4-5-12)24-19-18(14)11(2)25-26(19)3/h6-10,12H,4-5H2,1-3H3,(H,23,27). The lowest BCUT2D eigenvalue weighted by molar-refractivity contribution is 0.0941. The number of rotatable bonds is 4. The Morgan fingerprint density at radius 1 is 1.26 bits per heavy atom. The number of nitrogens with zero attached hydrogens (tertiary/aromatic N) is 3. The maximum atomic E-state index is 13.5. The van der Waals surface area contributed by atoms with Crippen molar-refractivity contribution < 1.29 is 13.6 Å². The quantitative estimate of drug-likeness (QED) is 0.757. The molecule has 0 radical (unpaired) electrons. The minimum Gasteiger partial charge on any atom is -0.345 e. The average molecular weight is 370 g/mol. The fourth-order valence-electron chi connectivity index (χ4n) is 3.37. The van der Waals surface area contributed by atoms with Crippen LogP contribution in [0.2, 0.25) is 0 Å². The second-order valence-corrected chi connectivity index (χ2v) is 7.15. The van der Waals surface area contributed by atoms with Crippen LogP contribution in [0.1, 0.15) is 59.0 Å². The molecule has 0 spiro atoms. The van der Waals surface area contributed by atoms with Gasteiger partial charge in [0.05, 0.1) is 22.7 Å². The summed E-state index contributed by atoms with van der Waals surface area (Å²) < 4.78 is 28.4. The second kappa shape index (κ2) is 6.40. The third-order valence-corrected chi connectivity index (χ3v) is 5.02. The Labute approximate surface area is 155 Å². The predicted octanol–water partition coefficient (Wildman–Crippen LogP) is 3.92. The molecule has 7 heteroatoms. The Morgan fingerprint density at radius 3 is 2.67 bits per heavy atom. The van der Waals surface area contributed by atoms with Crippen molar-refractivity contribution >= 4 is 16.9 Å². The lowest BCUT2D eigenvalue weighted by Crippen LogP contribution is -2.27. The van der Waals surface area contributed by atoms with Crippen molar-refractivity contribution in [3.8, 4) is 0 Å². The van der Waals surface area contributed by atoms with Crippen molar-refractivity contribution in [1.82, 2.24) is 20.1 Å². The van der Waals surface area contributed by atoms with Gasteiger partial charge in [-0.15, -0.1) is 0 Å². The van der Waals surface area contributed by atoms with E-state index in [0.717, 1.165) is 41.7 Å². The molecule has 1 amide bonds. The molecule has 1 N–H and O–H groups in total. The van der Waals surface area contributed by atoms with Gasteiger partial charge in [0.1, 0.15) is 0 Å². The molecule has 1 aromatic carbocycles. The van der Waals surface area contributed by atoms with Crippen LogP contribution in [0.3, 0.4) is 0 Å². The number of hydrogen-bond donors (Lipinski definition) is 1. The number of amides is 1. The van der Waals surface area contributed by atoms with E-state index in [4.69, 9.17) is 0 Å². The number of hydrogen-bond acceptors (Lipinski definition) is 3. The van der Waals surface area contributed by atoms with E-state index in [1.807, 2.05) is 20.0 Å². The molecule has 5 nitrogen and oxygen atoms in total. The van der Waals surface area contributed by atoms with Gasteiger partial charge >= 0.3 is 0 Å². The highest BCUT2D eigenvalue weighted by atomic mass is 19.2. The highest BCUT2D eigenvalue weighted by Gasteiger charge is 2.28. The highest BCUT2D eigenvalue weighted by molar-refractivity contribution is 6.06. The van der Waals surface area contributed by atoms with Gasteiger partial charge in [-0.05, 0) is 50.5 Å². The van der Waals surface area contributed by atoms with E-state index in [-0.39, 0.29) is 5.91 Å². The van der Waals surface area contributed by atoms with E-state index in [1.165, 1.54) is 6.07 Å². The Morgan fingerprint density at radius 2 is 2.00 bits per heavy atom. The first-order valence-electron chi connectivity index (χ1n) is 8.95. The molecule has 1 aliphatic rings. The Balaban J connectivity index is 1.70. The maximum Gasteiger partial charge on any atom is 0.252 e. The van der Waals surface area contributed by atoms with E-state index in [2.05, 4.69) is 15.4 Å². The predicted molar refractivity (Wildman–Crippen MR) is 97.5 cm³/mol. The molecule has 1 saturated carbocycles. The molecule has 27 heavy (non-hydrogen) atoms. The number of benzene rings is 1. The summed E-state index contributed by atoms with van der Waals surface area (Å²) in [6.07, 6.45) is 2.14. The van der Waals surface area contributed by atoms with E-state index in [0.29, 0.717) is 22.7 Å². The molecule has 1 aliphatic carbocycles. The second-order valence-electron chi connectivity index (χ2n) is 7.15. The van der Waals surface area contributed by atoms with Gasteiger partial charge < -0.3 is 5.32 Å². The van der Waals surface area contributed by atoms with Gasteiger partial charge in [0.15, 0.2) is 17.3 Å². The number of pyridine rings is 1. The minimum absolute atomic E-state index is 0.280. The first kappa shape index (κ1) is 17.6. The topological polar surface area (TPSA) is 59.8 Å². The van der Waals surface area contributed by atoms with Crippen molar-refractivity contribution in [1.29, 1.82) is 0 Å². The largest absolute Gasteiger partial charge is 0.345 e. The molecule has 1 unspecified atom stereocenters.